The van der Waals surface area contributed by atoms with Gasteiger partial charge in [-0.15, -0.1) is 0 Å². The lowest BCUT2D eigenvalue weighted by Crippen LogP contribution is -2.36. The van der Waals surface area contributed by atoms with Crippen molar-refractivity contribution in [3.63, 3.8) is 0 Å². The van der Waals surface area contributed by atoms with Crippen LogP contribution in [0.2, 0.25) is 0 Å². The zero-order chi connectivity index (χ0) is 15.1. The predicted molar refractivity (Wildman–Crippen MR) is 78.9 cm³/mol. The molecule has 0 aromatic heterocycles. The molecule has 0 radical (unpaired) electrons. The molecule has 0 saturated carbocycles. The predicted octanol–water partition coefficient (Wildman–Crippen LogP) is 2.82. The quantitative estimate of drug-likeness (QED) is 0.840. The molecule has 1 aromatic carbocycles. The molecule has 5 nitrogen and oxygen atoms in total. The molecule has 1 atom stereocenters. The monoisotopic (exact) mass is 278 g/mol. The highest BCUT2D eigenvalue weighted by Gasteiger charge is 2.17. The highest BCUT2D eigenvalue weighted by atomic mass is 16.4. The molecule has 0 fully saturated rings. The van der Waals surface area contributed by atoms with E-state index in [4.69, 9.17) is 5.11 Å². The number of anilines is 1. The summed E-state index contributed by atoms with van der Waals surface area (Å²) >= 11 is 0. The fraction of sp³-hybridized carbons (Fsp3) is 0.467. The first kappa shape index (κ1) is 16.0. The fourth-order valence-corrected chi connectivity index (χ4v) is 1.91. The van der Waals surface area contributed by atoms with E-state index >= 15 is 0 Å². The number of hydrogen-bond donors (Lipinski definition) is 2. The third-order valence-corrected chi connectivity index (χ3v) is 3.09. The van der Waals surface area contributed by atoms with E-state index in [-0.39, 0.29) is 12.6 Å². The number of rotatable bonds is 6. The highest BCUT2D eigenvalue weighted by molar-refractivity contribution is 5.90. The number of carboxylic acids is 1. The van der Waals surface area contributed by atoms with Crippen LogP contribution < -0.4 is 5.32 Å². The number of hydrogen-bond acceptors (Lipinski definition) is 2. The molecule has 5 heteroatoms. The minimum absolute atomic E-state index is 0.178. The molecular formula is C15H22N2O3. The summed E-state index contributed by atoms with van der Waals surface area (Å²) in [6.07, 6.45) is 1.89. The Kier molecular flexibility index (Phi) is 6.03. The maximum atomic E-state index is 12.0. The lowest BCUT2D eigenvalue weighted by atomic mass is 10.1. The van der Waals surface area contributed by atoms with E-state index in [2.05, 4.69) is 12.2 Å². The van der Waals surface area contributed by atoms with Crippen molar-refractivity contribution in [2.24, 2.45) is 5.92 Å². The Labute approximate surface area is 119 Å². The summed E-state index contributed by atoms with van der Waals surface area (Å²) in [5, 5.41) is 11.7. The molecule has 2 amide bonds. The Balaban J connectivity index is 2.68. The first-order chi connectivity index (χ1) is 9.45. The molecule has 1 unspecified atom stereocenters. The summed E-state index contributed by atoms with van der Waals surface area (Å²) < 4.78 is 0. The van der Waals surface area contributed by atoms with Gasteiger partial charge >= 0.3 is 12.0 Å². The molecule has 0 spiro atoms. The number of aryl methyl sites for hydroxylation is 1. The Morgan fingerprint density at radius 3 is 2.60 bits per heavy atom. The lowest BCUT2D eigenvalue weighted by Gasteiger charge is -2.21. The van der Waals surface area contributed by atoms with Gasteiger partial charge in [-0.05, 0) is 18.1 Å². The van der Waals surface area contributed by atoms with Crippen LogP contribution in [0.1, 0.15) is 25.8 Å². The van der Waals surface area contributed by atoms with E-state index in [1.807, 2.05) is 24.3 Å². The Morgan fingerprint density at radius 1 is 1.35 bits per heavy atom. The SMILES string of the molecule is CCCc1ccccc1NC(=O)N(C)CC(C)C(=O)O. The Bertz CT molecular complexity index is 474. The van der Waals surface area contributed by atoms with Crippen molar-refractivity contribution in [3.05, 3.63) is 29.8 Å². The lowest BCUT2D eigenvalue weighted by molar-refractivity contribution is -0.141. The number of amides is 2. The van der Waals surface area contributed by atoms with Gasteiger partial charge in [0.05, 0.1) is 5.92 Å². The summed E-state index contributed by atoms with van der Waals surface area (Å²) in [6.45, 7) is 3.84. The molecule has 20 heavy (non-hydrogen) atoms. The van der Waals surface area contributed by atoms with Crippen molar-refractivity contribution < 1.29 is 14.7 Å². The molecule has 0 heterocycles. The normalized spacial score (nSPS) is 11.8. The maximum absolute atomic E-state index is 12.0. The molecule has 110 valence electrons. The third-order valence-electron chi connectivity index (χ3n) is 3.09. The first-order valence-corrected chi connectivity index (χ1v) is 6.78. The van der Waals surface area contributed by atoms with Crippen LogP contribution >= 0.6 is 0 Å². The van der Waals surface area contributed by atoms with E-state index < -0.39 is 11.9 Å². The second-order valence-electron chi connectivity index (χ2n) is 4.96. The van der Waals surface area contributed by atoms with E-state index in [1.54, 1.807) is 14.0 Å². The summed E-state index contributed by atoms with van der Waals surface area (Å²) in [4.78, 5) is 24.2. The van der Waals surface area contributed by atoms with E-state index in [1.165, 1.54) is 4.90 Å². The highest BCUT2D eigenvalue weighted by Crippen LogP contribution is 2.17. The number of nitrogens with zero attached hydrogens (tertiary/aromatic N) is 1. The molecule has 2 N–H and O–H groups in total. The van der Waals surface area contributed by atoms with Crippen LogP contribution in [0.3, 0.4) is 0 Å². The zero-order valence-electron chi connectivity index (χ0n) is 12.2. The summed E-state index contributed by atoms with van der Waals surface area (Å²) in [6, 6.07) is 7.36. The van der Waals surface area contributed by atoms with Gasteiger partial charge in [0.1, 0.15) is 0 Å². The van der Waals surface area contributed by atoms with Gasteiger partial charge < -0.3 is 15.3 Å². The molecule has 0 aliphatic heterocycles. The fourth-order valence-electron chi connectivity index (χ4n) is 1.91. The maximum Gasteiger partial charge on any atom is 0.321 e. The number of benzene rings is 1. The van der Waals surface area contributed by atoms with Gasteiger partial charge in [-0.1, -0.05) is 38.5 Å². The summed E-state index contributed by atoms with van der Waals surface area (Å²) in [5.74, 6) is -1.49. The van der Waals surface area contributed by atoms with Crippen molar-refractivity contribution in [1.82, 2.24) is 4.90 Å². The van der Waals surface area contributed by atoms with Crippen molar-refractivity contribution >= 4 is 17.7 Å². The van der Waals surface area contributed by atoms with E-state index in [0.29, 0.717) is 0 Å². The van der Waals surface area contributed by atoms with Gasteiger partial charge in [-0.25, -0.2) is 4.79 Å². The molecular weight excluding hydrogens is 256 g/mol. The second kappa shape index (κ2) is 7.53. The summed E-state index contributed by atoms with van der Waals surface area (Å²) in [5.41, 5.74) is 1.87. The van der Waals surface area contributed by atoms with E-state index in [0.717, 1.165) is 24.1 Å². The number of carbonyl (C=O) groups excluding carboxylic acids is 1. The number of aliphatic carboxylic acids is 1. The van der Waals surface area contributed by atoms with Gasteiger partial charge in [0.2, 0.25) is 0 Å². The molecule has 0 saturated heterocycles. The van der Waals surface area contributed by atoms with E-state index in [9.17, 15) is 9.59 Å². The smallest absolute Gasteiger partial charge is 0.321 e. The minimum Gasteiger partial charge on any atom is -0.481 e. The number of para-hydroxylation sites is 1. The standard InChI is InChI=1S/C15H22N2O3/c1-4-7-12-8-5-6-9-13(12)16-15(20)17(3)10-11(2)14(18)19/h5-6,8-9,11H,4,7,10H2,1-3H3,(H,16,20)(H,18,19). The van der Waals surface area contributed by atoms with Crippen molar-refractivity contribution in [2.45, 2.75) is 26.7 Å². The number of urea groups is 1. The molecule has 1 rings (SSSR count). The van der Waals surface area contributed by atoms with Crippen LogP contribution in [-0.2, 0) is 11.2 Å². The largest absolute Gasteiger partial charge is 0.481 e. The molecule has 0 aliphatic rings. The van der Waals surface area contributed by atoms with Crippen LogP contribution in [0.15, 0.2) is 24.3 Å². The number of carboxylic acid groups (broad SMARTS) is 1. The number of nitrogens with one attached hydrogen (secondary N) is 1. The zero-order valence-corrected chi connectivity index (χ0v) is 12.2. The average molecular weight is 278 g/mol. The van der Waals surface area contributed by atoms with Gasteiger partial charge in [-0.2, -0.15) is 0 Å². The van der Waals surface area contributed by atoms with Crippen LogP contribution in [-0.4, -0.2) is 35.6 Å². The third kappa shape index (κ3) is 4.57. The van der Waals surface area contributed by atoms with Gasteiger partial charge in [0, 0.05) is 19.3 Å². The van der Waals surface area contributed by atoms with Crippen molar-refractivity contribution in [1.29, 1.82) is 0 Å². The van der Waals surface area contributed by atoms with Gasteiger partial charge in [0.15, 0.2) is 0 Å². The van der Waals surface area contributed by atoms with Crippen LogP contribution in [0.5, 0.6) is 0 Å². The summed E-state index contributed by atoms with van der Waals surface area (Å²) in [7, 11) is 1.59. The minimum atomic E-state index is -0.906. The Hall–Kier alpha value is -2.04. The molecule has 0 bridgehead atoms. The molecule has 1 aromatic rings. The van der Waals surface area contributed by atoms with Crippen LogP contribution in [0.4, 0.5) is 10.5 Å². The van der Waals surface area contributed by atoms with Crippen LogP contribution in [0, 0.1) is 5.92 Å². The number of carbonyl (C=O) groups is 2. The second-order valence-corrected chi connectivity index (χ2v) is 4.96. The van der Waals surface area contributed by atoms with Crippen molar-refractivity contribution in [2.75, 3.05) is 18.9 Å². The topological polar surface area (TPSA) is 69.6 Å². The average Bonchev–Trinajstić information content (AvgIpc) is 2.40. The molecule has 0 aliphatic carbocycles. The van der Waals surface area contributed by atoms with Crippen molar-refractivity contribution in [3.8, 4) is 0 Å². The Morgan fingerprint density at radius 2 is 2.00 bits per heavy atom. The van der Waals surface area contributed by atoms with Gasteiger partial charge in [-0.3, -0.25) is 4.79 Å². The van der Waals surface area contributed by atoms with Gasteiger partial charge in [0.25, 0.3) is 0 Å². The van der Waals surface area contributed by atoms with Crippen LogP contribution in [0.25, 0.3) is 0 Å². The first-order valence-electron chi connectivity index (χ1n) is 6.78.